The van der Waals surface area contributed by atoms with Gasteiger partial charge in [0.15, 0.2) is 0 Å². The molecule has 1 saturated heterocycles. The van der Waals surface area contributed by atoms with Crippen LogP contribution in [-0.2, 0) is 46.1 Å². The van der Waals surface area contributed by atoms with Gasteiger partial charge in [0.05, 0.1) is 13.2 Å². The van der Waals surface area contributed by atoms with E-state index < -0.39 is 22.9 Å². The number of carbonyl (C=O) groups excluding carboxylic acids is 2. The van der Waals surface area contributed by atoms with E-state index in [1.807, 2.05) is 30.3 Å². The van der Waals surface area contributed by atoms with Crippen LogP contribution in [0.25, 0.3) is 5.76 Å². The van der Waals surface area contributed by atoms with E-state index in [0.29, 0.717) is 25.2 Å². The Balaban J connectivity index is 0.00000300. The summed E-state index contributed by atoms with van der Waals surface area (Å²) in [5, 5.41) is 12.3. The maximum absolute atomic E-state index is 12.7. The second kappa shape index (κ2) is 10.4. The smallest absolute Gasteiger partial charge is 0.885 e. The zero-order valence-corrected chi connectivity index (χ0v) is 17.6. The number of rotatable bonds is 8. The predicted molar refractivity (Wildman–Crippen MR) is 102 cm³/mol. The molecule has 1 heterocycles. The number of cyclic esters (lactones) is 1. The minimum atomic E-state index is -0.779. The quantitative estimate of drug-likeness (QED) is 0.144. The molecule has 0 aliphatic carbocycles. The fourth-order valence-corrected chi connectivity index (χ4v) is 3.15. The molecule has 0 unspecified atom stereocenters. The Morgan fingerprint density at radius 3 is 2.45 bits per heavy atom. The Kier molecular flexibility index (Phi) is 8.22. The van der Waals surface area contributed by atoms with Crippen molar-refractivity contribution in [1.82, 2.24) is 0 Å². The normalized spacial score (nSPS) is 18.9. The minimum absolute atomic E-state index is 0. The van der Waals surface area contributed by atoms with Crippen LogP contribution in [0.1, 0.15) is 24.5 Å². The number of hydrogen-bond acceptors (Lipinski definition) is 5. The molecule has 6 heteroatoms. The maximum Gasteiger partial charge on any atom is 2.00 e. The van der Waals surface area contributed by atoms with Crippen LogP contribution < -0.4 is 5.11 Å². The van der Waals surface area contributed by atoms with Crippen molar-refractivity contribution in [3.8, 4) is 0 Å². The van der Waals surface area contributed by atoms with Gasteiger partial charge in [-0.1, -0.05) is 79.1 Å². The number of benzene rings is 2. The number of ether oxygens (including phenoxy) is 2. The molecule has 1 fully saturated rings. The van der Waals surface area contributed by atoms with E-state index in [9.17, 15) is 14.7 Å². The Hall–Kier alpha value is -2.39. The van der Waals surface area contributed by atoms with Gasteiger partial charge >= 0.3 is 20.4 Å². The van der Waals surface area contributed by atoms with E-state index >= 15 is 0 Å². The molecule has 29 heavy (non-hydrogen) atoms. The minimum Gasteiger partial charge on any atom is -0.885 e. The molecule has 2 aromatic carbocycles. The number of esters is 1. The summed E-state index contributed by atoms with van der Waals surface area (Å²) in [5.74, 6) is -1.67. The second-order valence-electron chi connectivity index (χ2n) is 7.04. The predicted octanol–water partition coefficient (Wildman–Crippen LogP) is 2.70. The Labute approximate surface area is 184 Å². The summed E-state index contributed by atoms with van der Waals surface area (Å²) in [7, 11) is 0. The summed E-state index contributed by atoms with van der Waals surface area (Å²) in [5.41, 5.74) is 0.669. The van der Waals surface area contributed by atoms with Crippen LogP contribution in [0.5, 0.6) is 0 Å². The van der Waals surface area contributed by atoms with Crippen molar-refractivity contribution in [2.45, 2.75) is 20.0 Å². The van der Waals surface area contributed by atoms with Gasteiger partial charge in [0, 0.05) is 12.4 Å². The zero-order chi connectivity index (χ0) is 20.0. The third kappa shape index (κ3) is 5.80. The van der Waals surface area contributed by atoms with E-state index in [2.05, 4.69) is 0 Å². The number of hydrogen-bond donors (Lipinski definition) is 0. The SMILES string of the molecule is C[C@]1(CCOCc2ccccc2)COC(=O)[C-]1C(=O)/C=C(\[O-])c1ccccc1.[Pd+2]. The van der Waals surface area contributed by atoms with Crippen molar-refractivity contribution in [3.63, 3.8) is 0 Å². The first-order valence-corrected chi connectivity index (χ1v) is 9.14. The molecule has 1 atom stereocenters. The Bertz CT molecular complexity index is 850. The molecule has 3 rings (SSSR count). The van der Waals surface area contributed by atoms with E-state index in [4.69, 9.17) is 9.47 Å². The van der Waals surface area contributed by atoms with Gasteiger partial charge < -0.3 is 19.4 Å². The fourth-order valence-electron chi connectivity index (χ4n) is 3.15. The molecule has 1 aliphatic rings. The van der Waals surface area contributed by atoms with Crippen molar-refractivity contribution >= 4 is 17.5 Å². The van der Waals surface area contributed by atoms with Gasteiger partial charge in [-0.2, -0.15) is 11.8 Å². The molecule has 0 aromatic heterocycles. The summed E-state index contributed by atoms with van der Waals surface area (Å²) < 4.78 is 10.8. The van der Waals surface area contributed by atoms with Crippen molar-refractivity contribution in [2.24, 2.45) is 5.41 Å². The van der Waals surface area contributed by atoms with Gasteiger partial charge in [-0.3, -0.25) is 4.79 Å². The summed E-state index contributed by atoms with van der Waals surface area (Å²) in [4.78, 5) is 24.8. The van der Waals surface area contributed by atoms with Gasteiger partial charge in [0.2, 0.25) is 0 Å². The van der Waals surface area contributed by atoms with E-state index in [1.54, 1.807) is 37.3 Å². The van der Waals surface area contributed by atoms with Crippen LogP contribution in [0, 0.1) is 11.3 Å². The molecule has 0 N–H and O–H groups in total. The summed E-state index contributed by atoms with van der Waals surface area (Å²) in [6.45, 7) is 2.71. The zero-order valence-electron chi connectivity index (χ0n) is 16.0. The van der Waals surface area contributed by atoms with Crippen LogP contribution in [0.15, 0.2) is 66.7 Å². The molecular formula is C23H22O5Pd. The van der Waals surface area contributed by atoms with Crippen LogP contribution in [0.3, 0.4) is 0 Å². The molecule has 0 saturated carbocycles. The van der Waals surface area contributed by atoms with Crippen LogP contribution >= 0.6 is 0 Å². The van der Waals surface area contributed by atoms with E-state index in [1.165, 1.54) is 0 Å². The fraction of sp³-hybridized carbons (Fsp3) is 0.261. The average Bonchev–Trinajstić information content (AvgIpc) is 3.01. The van der Waals surface area contributed by atoms with Crippen molar-refractivity contribution < 1.29 is 44.6 Å². The van der Waals surface area contributed by atoms with Gasteiger partial charge in [0.25, 0.3) is 5.97 Å². The molecule has 0 bridgehead atoms. The number of ketones is 1. The molecule has 0 spiro atoms. The van der Waals surface area contributed by atoms with E-state index in [0.717, 1.165) is 11.6 Å². The van der Waals surface area contributed by atoms with Gasteiger partial charge in [-0.15, -0.1) is 0 Å². The molecule has 1 aliphatic heterocycles. The first-order chi connectivity index (χ1) is 13.5. The van der Waals surface area contributed by atoms with Crippen LogP contribution in [0.4, 0.5) is 0 Å². The Morgan fingerprint density at radius 1 is 1.17 bits per heavy atom. The van der Waals surface area contributed by atoms with Crippen LogP contribution in [0.2, 0.25) is 0 Å². The monoisotopic (exact) mass is 484 g/mol. The molecule has 5 nitrogen and oxygen atoms in total. The molecule has 2 aromatic rings. The summed E-state index contributed by atoms with van der Waals surface area (Å²) >= 11 is 0. The third-order valence-electron chi connectivity index (χ3n) is 4.81. The first-order valence-electron chi connectivity index (χ1n) is 9.14. The van der Waals surface area contributed by atoms with Crippen molar-refractivity contribution in [1.29, 1.82) is 0 Å². The summed E-state index contributed by atoms with van der Waals surface area (Å²) in [6, 6.07) is 18.2. The first kappa shape index (κ1) is 22.9. The van der Waals surface area contributed by atoms with Gasteiger partial charge in [0.1, 0.15) is 0 Å². The standard InChI is InChI=1S/C23H23O5.Pd/c1-23(12-13-27-15-17-8-4-2-5-9-17)16-28-22(26)21(23)20(25)14-19(24)18-10-6-3-7-11-18;/h2-11,14,24H,12-13,15-16H2,1H3;/q-1;+2/p-1/b19-14-;/t23-;/m0./s1. The Morgan fingerprint density at radius 2 is 1.79 bits per heavy atom. The number of allylic oxidation sites excluding steroid dienone is 1. The number of carbonyl (C=O) groups is 2. The van der Waals surface area contributed by atoms with Gasteiger partial charge in [-0.25, -0.2) is 0 Å². The molecule has 154 valence electrons. The van der Waals surface area contributed by atoms with Crippen molar-refractivity contribution in [2.75, 3.05) is 13.2 Å². The largest absolute Gasteiger partial charge is 2.00 e. The van der Waals surface area contributed by atoms with E-state index in [-0.39, 0.29) is 32.9 Å². The molecule has 0 amide bonds. The van der Waals surface area contributed by atoms with Gasteiger partial charge in [-0.05, 0) is 17.4 Å². The average molecular weight is 485 g/mol. The van der Waals surface area contributed by atoms with Crippen molar-refractivity contribution in [3.05, 3.63) is 83.8 Å². The topological polar surface area (TPSA) is 75.7 Å². The third-order valence-corrected chi connectivity index (χ3v) is 4.81. The molecule has 0 radical (unpaired) electrons. The summed E-state index contributed by atoms with van der Waals surface area (Å²) in [6.07, 6.45) is 1.42. The van der Waals surface area contributed by atoms with Crippen LogP contribution in [-0.4, -0.2) is 25.0 Å². The maximum atomic E-state index is 12.7. The second-order valence-corrected chi connectivity index (χ2v) is 7.04. The molecular weight excluding hydrogens is 463 g/mol.